The monoisotopic (exact) mass is 471 g/mol. The number of carbonyl (C=O) groups excluding carboxylic acids is 3. The molecule has 1 atom stereocenters. The highest BCUT2D eigenvalue weighted by molar-refractivity contribution is 6.46. The summed E-state index contributed by atoms with van der Waals surface area (Å²) in [7, 11) is 3.96. The van der Waals surface area contributed by atoms with Crippen LogP contribution in [-0.2, 0) is 14.3 Å². The molecule has 0 saturated carbocycles. The van der Waals surface area contributed by atoms with Crippen molar-refractivity contribution in [2.24, 2.45) is 0 Å². The molecule has 3 rings (SSSR count). The molecule has 34 heavy (non-hydrogen) atoms. The van der Waals surface area contributed by atoms with Crippen molar-refractivity contribution in [1.29, 1.82) is 0 Å². The molecule has 0 bridgehead atoms. The van der Waals surface area contributed by atoms with Crippen LogP contribution >= 0.6 is 0 Å². The predicted octanol–water partition coefficient (Wildman–Crippen LogP) is 0.706. The number of halogens is 1. The number of esters is 1. The van der Waals surface area contributed by atoms with E-state index in [2.05, 4.69) is 4.98 Å². The molecule has 1 aromatic carbocycles. The zero-order chi connectivity index (χ0) is 25.2. The second-order valence-electron chi connectivity index (χ2n) is 8.68. The largest absolute Gasteiger partial charge is 0.872 e. The topological polar surface area (TPSA) is 107 Å². The number of ether oxygens (including phenoxy) is 1. The Hall–Kier alpha value is -3.46. The van der Waals surface area contributed by atoms with Crippen LogP contribution in [0.5, 0.6) is 0 Å². The van der Waals surface area contributed by atoms with Crippen molar-refractivity contribution in [2.75, 3.05) is 33.8 Å². The number of H-pyrrole nitrogens is 1. The number of aryl methyl sites for hydroxylation is 1. The molecule has 1 aliphatic rings. The van der Waals surface area contributed by atoms with Gasteiger partial charge in [-0.25, -0.2) is 9.18 Å². The lowest BCUT2D eigenvalue weighted by Crippen LogP contribution is -3.05. The van der Waals surface area contributed by atoms with Crippen LogP contribution in [0.2, 0.25) is 0 Å². The van der Waals surface area contributed by atoms with Crippen molar-refractivity contribution < 1.29 is 33.5 Å². The zero-order valence-corrected chi connectivity index (χ0v) is 20.1. The van der Waals surface area contributed by atoms with E-state index in [1.807, 2.05) is 14.1 Å². The molecular weight excluding hydrogens is 441 g/mol. The summed E-state index contributed by atoms with van der Waals surface area (Å²) in [5.41, 5.74) is 1.30. The van der Waals surface area contributed by atoms with Gasteiger partial charge in [-0.1, -0.05) is 17.9 Å². The van der Waals surface area contributed by atoms with Crippen molar-refractivity contribution >= 4 is 23.4 Å². The number of likely N-dealkylation sites (tertiary alicyclic amines) is 1. The van der Waals surface area contributed by atoms with Gasteiger partial charge in [0, 0.05) is 24.2 Å². The number of Topliss-reactive ketones (excluding diaryl/α,β-unsaturated/α-hetero) is 1. The minimum absolute atomic E-state index is 0.129. The second-order valence-corrected chi connectivity index (χ2v) is 8.68. The van der Waals surface area contributed by atoms with Crippen LogP contribution in [0, 0.1) is 19.7 Å². The summed E-state index contributed by atoms with van der Waals surface area (Å²) in [6.07, 6.45) is 0.621. The quantitative estimate of drug-likeness (QED) is 0.255. The third-order valence-electron chi connectivity index (χ3n) is 5.94. The summed E-state index contributed by atoms with van der Waals surface area (Å²) in [5, 5.41) is 13.7. The molecule has 1 saturated heterocycles. The number of aromatic nitrogens is 1. The molecule has 1 unspecified atom stereocenters. The van der Waals surface area contributed by atoms with Gasteiger partial charge in [-0.05, 0) is 49.6 Å². The first-order valence-corrected chi connectivity index (χ1v) is 11.3. The lowest BCUT2D eigenvalue weighted by molar-refractivity contribution is -0.858. The maximum Gasteiger partial charge on any atom is 0.355 e. The summed E-state index contributed by atoms with van der Waals surface area (Å²) >= 11 is 0. The summed E-state index contributed by atoms with van der Waals surface area (Å²) < 4.78 is 18.7. The fraction of sp³-hybridized carbons (Fsp3) is 0.400. The fourth-order valence-corrected chi connectivity index (χ4v) is 4.33. The average Bonchev–Trinajstić information content (AvgIpc) is 3.21. The minimum Gasteiger partial charge on any atom is -0.872 e. The van der Waals surface area contributed by atoms with Crippen molar-refractivity contribution in [3.63, 3.8) is 0 Å². The molecule has 9 heteroatoms. The molecule has 8 nitrogen and oxygen atoms in total. The van der Waals surface area contributed by atoms with Gasteiger partial charge in [0.05, 0.1) is 33.3 Å². The molecule has 1 amide bonds. The SMILES string of the molecule is CCOC(=O)c1[nH]c(C)c(/C([O-])=C2\C(=O)C(=O)N(CCC[NH+](C)C)C2c2ccc(F)cc2)c1C. The van der Waals surface area contributed by atoms with Crippen molar-refractivity contribution in [2.45, 2.75) is 33.2 Å². The van der Waals surface area contributed by atoms with Gasteiger partial charge < -0.3 is 24.6 Å². The van der Waals surface area contributed by atoms with Gasteiger partial charge >= 0.3 is 5.97 Å². The molecule has 182 valence electrons. The summed E-state index contributed by atoms with van der Waals surface area (Å²) in [4.78, 5) is 43.8. The van der Waals surface area contributed by atoms with Crippen LogP contribution in [0.3, 0.4) is 0 Å². The van der Waals surface area contributed by atoms with Crippen molar-refractivity contribution in [3.05, 3.63) is 63.7 Å². The van der Waals surface area contributed by atoms with Gasteiger partial charge in [0.15, 0.2) is 0 Å². The maximum atomic E-state index is 13.7. The molecule has 1 aromatic heterocycles. The normalized spacial score (nSPS) is 17.6. The number of nitrogens with one attached hydrogen (secondary N) is 2. The third-order valence-corrected chi connectivity index (χ3v) is 5.94. The lowest BCUT2D eigenvalue weighted by Gasteiger charge is -2.28. The first-order valence-electron chi connectivity index (χ1n) is 11.3. The molecule has 2 aromatic rings. The third kappa shape index (κ3) is 4.75. The fourth-order valence-electron chi connectivity index (χ4n) is 4.33. The molecular formula is C25H30FN3O5. The van der Waals surface area contributed by atoms with Crippen LogP contribution in [0.25, 0.3) is 5.76 Å². The zero-order valence-electron chi connectivity index (χ0n) is 20.1. The Bertz CT molecular complexity index is 1130. The number of ketones is 1. The van der Waals surface area contributed by atoms with Gasteiger partial charge in [-0.15, -0.1) is 0 Å². The average molecular weight is 472 g/mol. The smallest absolute Gasteiger partial charge is 0.355 e. The first kappa shape index (κ1) is 25.2. The summed E-state index contributed by atoms with van der Waals surface area (Å²) in [6.45, 7) is 6.09. The Morgan fingerprint density at radius 3 is 2.44 bits per heavy atom. The molecule has 1 fully saturated rings. The first-order chi connectivity index (χ1) is 16.1. The van der Waals surface area contributed by atoms with E-state index in [1.165, 1.54) is 34.1 Å². The molecule has 1 aliphatic heterocycles. The van der Waals surface area contributed by atoms with Crippen LogP contribution in [0.4, 0.5) is 4.39 Å². The van der Waals surface area contributed by atoms with Crippen molar-refractivity contribution in [1.82, 2.24) is 9.88 Å². The van der Waals surface area contributed by atoms with Crippen LogP contribution < -0.4 is 10.0 Å². The minimum atomic E-state index is -0.940. The highest BCUT2D eigenvalue weighted by Gasteiger charge is 2.44. The van der Waals surface area contributed by atoms with Crippen molar-refractivity contribution in [3.8, 4) is 0 Å². The van der Waals surface area contributed by atoms with Crippen LogP contribution in [0.15, 0.2) is 29.8 Å². The van der Waals surface area contributed by atoms with Gasteiger partial charge in [0.1, 0.15) is 11.5 Å². The Morgan fingerprint density at radius 2 is 1.85 bits per heavy atom. The van der Waals surface area contributed by atoms with E-state index in [1.54, 1.807) is 20.8 Å². The number of rotatable bonds is 8. The number of benzene rings is 1. The Morgan fingerprint density at radius 1 is 1.21 bits per heavy atom. The van der Waals surface area contributed by atoms with Gasteiger partial charge in [-0.2, -0.15) is 0 Å². The number of amides is 1. The van der Waals surface area contributed by atoms with E-state index < -0.39 is 35.3 Å². The number of quaternary nitrogens is 1. The Labute approximate surface area is 198 Å². The number of aromatic amines is 1. The Balaban J connectivity index is 2.15. The predicted molar refractivity (Wildman–Crippen MR) is 121 cm³/mol. The Kier molecular flexibility index (Phi) is 7.56. The van der Waals surface area contributed by atoms with E-state index >= 15 is 0 Å². The van der Waals surface area contributed by atoms with Gasteiger partial charge in [0.25, 0.3) is 5.91 Å². The van der Waals surface area contributed by atoms with E-state index in [9.17, 15) is 23.9 Å². The number of hydrogen-bond acceptors (Lipinski definition) is 5. The number of hydrogen-bond donors (Lipinski definition) is 2. The van der Waals surface area contributed by atoms with E-state index in [0.717, 1.165) is 6.54 Å². The molecule has 0 radical (unpaired) electrons. The standard InChI is InChI=1S/C25H30FN3O5/c1-6-34-25(33)20-14(2)18(15(3)27-20)22(30)19-21(16-8-10-17(26)11-9-16)29(24(32)23(19)31)13-7-12-28(4)5/h8-11,21,27,30H,6-7,12-13H2,1-5H3/b22-19+. The van der Waals surface area contributed by atoms with E-state index in [4.69, 9.17) is 4.74 Å². The highest BCUT2D eigenvalue weighted by atomic mass is 19.1. The van der Waals surface area contributed by atoms with Crippen LogP contribution in [-0.4, -0.2) is 61.3 Å². The summed E-state index contributed by atoms with van der Waals surface area (Å²) in [5.74, 6) is -3.34. The van der Waals surface area contributed by atoms with E-state index in [-0.39, 0.29) is 30.0 Å². The lowest BCUT2D eigenvalue weighted by atomic mass is 9.94. The second kappa shape index (κ2) is 10.2. The maximum absolute atomic E-state index is 13.7. The highest BCUT2D eigenvalue weighted by Crippen LogP contribution is 2.40. The molecule has 2 heterocycles. The molecule has 0 spiro atoms. The number of carbonyl (C=O) groups is 3. The number of nitrogens with zero attached hydrogens (tertiary/aromatic N) is 1. The van der Waals surface area contributed by atoms with Gasteiger partial charge in [-0.3, -0.25) is 9.59 Å². The van der Waals surface area contributed by atoms with E-state index in [0.29, 0.717) is 23.2 Å². The molecule has 2 N–H and O–H groups in total. The van der Waals surface area contributed by atoms with Crippen LogP contribution in [0.1, 0.15) is 52.3 Å². The molecule has 0 aliphatic carbocycles. The summed E-state index contributed by atoms with van der Waals surface area (Å²) in [6, 6.07) is 4.48. The van der Waals surface area contributed by atoms with Gasteiger partial charge in [0.2, 0.25) is 5.78 Å².